The molecule has 6 heteroatoms. The van der Waals surface area contributed by atoms with Crippen molar-refractivity contribution in [1.29, 1.82) is 0 Å². The molecular weight excluding hydrogens is 378 g/mol. The molecule has 0 spiro atoms. The van der Waals surface area contributed by atoms with Gasteiger partial charge >= 0.3 is 5.97 Å². The Hall–Kier alpha value is -2.63. The van der Waals surface area contributed by atoms with Crippen LogP contribution in [0.3, 0.4) is 0 Å². The molecule has 1 atom stereocenters. The van der Waals surface area contributed by atoms with Gasteiger partial charge in [-0.1, -0.05) is 33.1 Å². The summed E-state index contributed by atoms with van der Waals surface area (Å²) in [6, 6.07) is 9.24. The van der Waals surface area contributed by atoms with Crippen molar-refractivity contribution in [1.82, 2.24) is 15.1 Å². The molecule has 1 aromatic heterocycles. The molecule has 1 saturated carbocycles. The third-order valence-electron chi connectivity index (χ3n) is 5.69. The number of nitrogens with one attached hydrogen (secondary N) is 1. The normalized spacial score (nSPS) is 14.4. The van der Waals surface area contributed by atoms with Gasteiger partial charge in [0.1, 0.15) is 0 Å². The number of ether oxygens (including phenoxy) is 1. The van der Waals surface area contributed by atoms with Crippen molar-refractivity contribution in [2.45, 2.75) is 65.2 Å². The highest BCUT2D eigenvalue weighted by Crippen LogP contribution is 2.41. The van der Waals surface area contributed by atoms with Gasteiger partial charge in [-0.15, -0.1) is 0 Å². The zero-order valence-corrected chi connectivity index (χ0v) is 18.3. The second-order valence-corrected chi connectivity index (χ2v) is 8.03. The SMILES string of the molecule is CCCC[C@@H](CC)CNC(=O)c1ccc(-n2nc(C(=O)OCC)cc2C2CC2)cc1. The van der Waals surface area contributed by atoms with Gasteiger partial charge in [-0.05, 0) is 62.4 Å². The van der Waals surface area contributed by atoms with Crippen LogP contribution in [0, 0.1) is 5.92 Å². The van der Waals surface area contributed by atoms with Gasteiger partial charge in [0, 0.05) is 23.7 Å². The highest BCUT2D eigenvalue weighted by Gasteiger charge is 2.30. The summed E-state index contributed by atoms with van der Waals surface area (Å²) < 4.78 is 6.90. The molecule has 0 radical (unpaired) electrons. The zero-order chi connectivity index (χ0) is 21.5. The molecule has 1 aromatic carbocycles. The maximum absolute atomic E-state index is 12.5. The van der Waals surface area contributed by atoms with E-state index in [4.69, 9.17) is 4.74 Å². The van der Waals surface area contributed by atoms with Crippen molar-refractivity contribution in [3.05, 3.63) is 47.3 Å². The molecular formula is C24H33N3O3. The Bertz CT molecular complexity index is 853. The third kappa shape index (κ3) is 5.49. The molecule has 1 aliphatic rings. The van der Waals surface area contributed by atoms with Crippen molar-refractivity contribution >= 4 is 11.9 Å². The maximum Gasteiger partial charge on any atom is 0.358 e. The van der Waals surface area contributed by atoms with E-state index in [-0.39, 0.29) is 5.91 Å². The number of carbonyl (C=O) groups is 2. The van der Waals surface area contributed by atoms with Gasteiger partial charge in [0.15, 0.2) is 5.69 Å². The van der Waals surface area contributed by atoms with E-state index in [0.29, 0.717) is 36.2 Å². The molecule has 0 saturated heterocycles. The van der Waals surface area contributed by atoms with Crippen LogP contribution in [-0.4, -0.2) is 34.8 Å². The Kier molecular flexibility index (Phi) is 7.66. The van der Waals surface area contributed by atoms with E-state index in [0.717, 1.165) is 37.1 Å². The maximum atomic E-state index is 12.5. The average Bonchev–Trinajstić information content (AvgIpc) is 3.52. The van der Waals surface area contributed by atoms with Gasteiger partial charge in [-0.25, -0.2) is 9.48 Å². The first-order valence-corrected chi connectivity index (χ1v) is 11.2. The first-order valence-electron chi connectivity index (χ1n) is 11.2. The topological polar surface area (TPSA) is 73.2 Å². The smallest absolute Gasteiger partial charge is 0.358 e. The number of carbonyl (C=O) groups excluding carboxylic acids is 2. The lowest BCUT2D eigenvalue weighted by atomic mass is 9.99. The van der Waals surface area contributed by atoms with Crippen LogP contribution in [0.5, 0.6) is 0 Å². The minimum atomic E-state index is -0.400. The number of nitrogens with zero attached hydrogens (tertiary/aromatic N) is 2. The fourth-order valence-corrected chi connectivity index (χ4v) is 3.61. The number of rotatable bonds is 11. The largest absolute Gasteiger partial charge is 0.461 e. The lowest BCUT2D eigenvalue weighted by Crippen LogP contribution is -2.29. The molecule has 0 bridgehead atoms. The van der Waals surface area contributed by atoms with E-state index in [9.17, 15) is 9.59 Å². The molecule has 6 nitrogen and oxygen atoms in total. The van der Waals surface area contributed by atoms with E-state index in [2.05, 4.69) is 24.3 Å². The van der Waals surface area contributed by atoms with Crippen LogP contribution >= 0.6 is 0 Å². The monoisotopic (exact) mass is 411 g/mol. The second kappa shape index (κ2) is 10.4. The molecule has 1 amide bonds. The van der Waals surface area contributed by atoms with Gasteiger partial charge in [-0.3, -0.25) is 4.79 Å². The van der Waals surface area contributed by atoms with Gasteiger partial charge < -0.3 is 10.1 Å². The number of unbranched alkanes of at least 4 members (excludes halogenated alkanes) is 1. The van der Waals surface area contributed by atoms with Gasteiger partial charge in [0.05, 0.1) is 12.3 Å². The molecule has 2 aromatic rings. The Morgan fingerprint density at radius 3 is 2.53 bits per heavy atom. The number of aromatic nitrogens is 2. The van der Waals surface area contributed by atoms with Gasteiger partial charge in [0.2, 0.25) is 0 Å². The lowest BCUT2D eigenvalue weighted by molar-refractivity contribution is 0.0518. The van der Waals surface area contributed by atoms with Crippen LogP contribution in [0.25, 0.3) is 5.69 Å². The van der Waals surface area contributed by atoms with Gasteiger partial charge in [-0.2, -0.15) is 5.10 Å². The van der Waals surface area contributed by atoms with Crippen molar-refractivity contribution in [2.75, 3.05) is 13.2 Å². The predicted octanol–water partition coefficient (Wildman–Crippen LogP) is 4.87. The Balaban J connectivity index is 1.69. The highest BCUT2D eigenvalue weighted by molar-refractivity contribution is 5.94. The molecule has 162 valence electrons. The van der Waals surface area contributed by atoms with Crippen molar-refractivity contribution in [2.24, 2.45) is 5.92 Å². The molecule has 30 heavy (non-hydrogen) atoms. The summed E-state index contributed by atoms with van der Waals surface area (Å²) in [6.07, 6.45) is 6.81. The number of hydrogen-bond donors (Lipinski definition) is 1. The van der Waals surface area contributed by atoms with Crippen molar-refractivity contribution in [3.8, 4) is 5.69 Å². The standard InChI is InChI=1S/C24H33N3O3/c1-4-7-8-17(5-2)16-25-23(28)19-11-13-20(14-12-19)27-22(18-9-10-18)15-21(26-27)24(29)30-6-3/h11-15,17-18H,4-10,16H2,1-3H3,(H,25,28)/t17-/m1/s1. The minimum absolute atomic E-state index is 0.0495. The summed E-state index contributed by atoms with van der Waals surface area (Å²) >= 11 is 0. The first kappa shape index (κ1) is 22.1. The van der Waals surface area contributed by atoms with E-state index in [1.54, 1.807) is 6.92 Å². The minimum Gasteiger partial charge on any atom is -0.461 e. The summed E-state index contributed by atoms with van der Waals surface area (Å²) in [5, 5.41) is 7.54. The summed E-state index contributed by atoms with van der Waals surface area (Å²) in [4.78, 5) is 24.6. The highest BCUT2D eigenvalue weighted by atomic mass is 16.5. The van der Waals surface area contributed by atoms with E-state index in [1.165, 1.54) is 12.8 Å². The van der Waals surface area contributed by atoms with Crippen molar-refractivity contribution < 1.29 is 14.3 Å². The average molecular weight is 412 g/mol. The third-order valence-corrected chi connectivity index (χ3v) is 5.69. The van der Waals surface area contributed by atoms with E-state index in [1.807, 2.05) is 35.0 Å². The van der Waals surface area contributed by atoms with Gasteiger partial charge in [0.25, 0.3) is 5.91 Å². The fourth-order valence-electron chi connectivity index (χ4n) is 3.61. The molecule has 1 aliphatic carbocycles. The van der Waals surface area contributed by atoms with Crippen LogP contribution < -0.4 is 5.32 Å². The molecule has 0 unspecified atom stereocenters. The number of esters is 1. The van der Waals surface area contributed by atoms with Crippen LogP contribution in [0.4, 0.5) is 0 Å². The van der Waals surface area contributed by atoms with Crippen LogP contribution in [0.15, 0.2) is 30.3 Å². The summed E-state index contributed by atoms with van der Waals surface area (Å²) in [7, 11) is 0. The number of benzene rings is 1. The Morgan fingerprint density at radius 1 is 1.20 bits per heavy atom. The summed E-state index contributed by atoms with van der Waals surface area (Å²) in [5.74, 6) is 0.506. The van der Waals surface area contributed by atoms with Crippen molar-refractivity contribution in [3.63, 3.8) is 0 Å². The van der Waals surface area contributed by atoms with E-state index >= 15 is 0 Å². The van der Waals surface area contributed by atoms with Crippen LogP contribution in [0.2, 0.25) is 0 Å². The number of hydrogen-bond acceptors (Lipinski definition) is 4. The van der Waals surface area contributed by atoms with E-state index < -0.39 is 5.97 Å². The predicted molar refractivity (Wildman–Crippen MR) is 117 cm³/mol. The first-order chi connectivity index (χ1) is 14.6. The fraction of sp³-hybridized carbons (Fsp3) is 0.542. The number of amides is 1. The Labute approximate surface area is 179 Å². The molecule has 1 N–H and O–H groups in total. The molecule has 0 aliphatic heterocycles. The summed E-state index contributed by atoms with van der Waals surface area (Å²) in [5.41, 5.74) is 2.84. The lowest BCUT2D eigenvalue weighted by Gasteiger charge is -2.15. The Morgan fingerprint density at radius 2 is 1.93 bits per heavy atom. The van der Waals surface area contributed by atoms with Crippen LogP contribution in [0.1, 0.15) is 91.8 Å². The molecule has 3 rings (SSSR count). The quantitative estimate of drug-likeness (QED) is 0.535. The second-order valence-electron chi connectivity index (χ2n) is 8.03. The van der Waals surface area contributed by atoms with Crippen LogP contribution in [-0.2, 0) is 4.74 Å². The molecule has 1 heterocycles. The summed E-state index contributed by atoms with van der Waals surface area (Å²) in [6.45, 7) is 7.19. The molecule has 1 fully saturated rings. The zero-order valence-electron chi connectivity index (χ0n) is 18.3.